The van der Waals surface area contributed by atoms with Gasteiger partial charge in [0, 0.05) is 50.2 Å². The third-order valence-electron chi connectivity index (χ3n) is 5.96. The summed E-state index contributed by atoms with van der Waals surface area (Å²) in [5.74, 6) is 0.565. The van der Waals surface area contributed by atoms with Crippen LogP contribution in [0.1, 0.15) is 52.5 Å². The molecule has 198 valence electrons. The van der Waals surface area contributed by atoms with Gasteiger partial charge in [-0.15, -0.1) is 0 Å². The average Bonchev–Trinajstić information content (AvgIpc) is 3.29. The fourth-order valence-electron chi connectivity index (χ4n) is 4.17. The van der Waals surface area contributed by atoms with Crippen LogP contribution in [-0.2, 0) is 14.3 Å². The topological polar surface area (TPSA) is 121 Å². The maximum atomic E-state index is 12.4. The van der Waals surface area contributed by atoms with Crippen molar-refractivity contribution >= 4 is 23.0 Å². The first-order valence-electron chi connectivity index (χ1n) is 12.7. The first kappa shape index (κ1) is 26.6. The second-order valence-electron chi connectivity index (χ2n) is 10.2. The van der Waals surface area contributed by atoms with Crippen molar-refractivity contribution in [1.82, 2.24) is 30.5 Å². The van der Waals surface area contributed by atoms with Gasteiger partial charge in [-0.3, -0.25) is 10.1 Å². The van der Waals surface area contributed by atoms with Crippen molar-refractivity contribution in [3.05, 3.63) is 48.3 Å². The highest BCUT2D eigenvalue weighted by molar-refractivity contribution is 5.78. The zero-order valence-corrected chi connectivity index (χ0v) is 21.9. The molecule has 10 heteroatoms. The summed E-state index contributed by atoms with van der Waals surface area (Å²) in [6.45, 7) is 9.23. The van der Waals surface area contributed by atoms with E-state index in [4.69, 9.17) is 14.5 Å². The minimum atomic E-state index is -0.522. The Morgan fingerprint density at radius 3 is 2.57 bits per heavy atom. The number of piperidine rings is 1. The van der Waals surface area contributed by atoms with Crippen LogP contribution in [0.4, 0.5) is 4.79 Å². The summed E-state index contributed by atoms with van der Waals surface area (Å²) in [6.07, 6.45) is 2.41. The number of fused-ring (bicyclic) bond motifs is 1. The van der Waals surface area contributed by atoms with Gasteiger partial charge in [-0.05, 0) is 39.7 Å². The van der Waals surface area contributed by atoms with E-state index in [1.54, 1.807) is 11.1 Å². The first-order chi connectivity index (χ1) is 17.7. The van der Waals surface area contributed by atoms with Gasteiger partial charge < -0.3 is 24.7 Å². The van der Waals surface area contributed by atoms with Crippen LogP contribution in [0.25, 0.3) is 22.4 Å². The predicted octanol–water partition coefficient (Wildman–Crippen LogP) is 3.77. The molecule has 10 nitrogen and oxygen atoms in total. The summed E-state index contributed by atoms with van der Waals surface area (Å²) in [7, 11) is 0. The van der Waals surface area contributed by atoms with Gasteiger partial charge in [0.1, 0.15) is 17.5 Å². The molecule has 1 aromatic carbocycles. The first-order valence-corrected chi connectivity index (χ1v) is 12.7. The minimum absolute atomic E-state index is 0.0469. The van der Waals surface area contributed by atoms with E-state index in [2.05, 4.69) is 20.6 Å². The van der Waals surface area contributed by atoms with Gasteiger partial charge in [-0.1, -0.05) is 30.3 Å². The van der Waals surface area contributed by atoms with Gasteiger partial charge in [-0.2, -0.15) is 0 Å². The molecule has 37 heavy (non-hydrogen) atoms. The largest absolute Gasteiger partial charge is 0.444 e. The maximum absolute atomic E-state index is 12.4. The molecule has 1 fully saturated rings. The number of benzene rings is 1. The molecule has 0 radical (unpaired) electrons. The second-order valence-corrected chi connectivity index (χ2v) is 10.2. The van der Waals surface area contributed by atoms with Crippen LogP contribution >= 0.6 is 0 Å². The van der Waals surface area contributed by atoms with Gasteiger partial charge in [-0.25, -0.2) is 14.8 Å². The molecule has 1 atom stereocenters. The predicted molar refractivity (Wildman–Crippen MR) is 141 cm³/mol. The van der Waals surface area contributed by atoms with Crippen LogP contribution in [0.5, 0.6) is 0 Å². The highest BCUT2D eigenvalue weighted by Crippen LogP contribution is 2.26. The molecule has 1 saturated heterocycles. The monoisotopic (exact) mass is 508 g/mol. The van der Waals surface area contributed by atoms with E-state index in [0.29, 0.717) is 44.8 Å². The fourth-order valence-corrected chi connectivity index (χ4v) is 4.17. The third kappa shape index (κ3) is 7.50. The zero-order chi connectivity index (χ0) is 26.4. The van der Waals surface area contributed by atoms with E-state index in [-0.39, 0.29) is 18.1 Å². The third-order valence-corrected chi connectivity index (χ3v) is 5.96. The van der Waals surface area contributed by atoms with Crippen molar-refractivity contribution in [3.8, 4) is 11.4 Å². The summed E-state index contributed by atoms with van der Waals surface area (Å²) in [4.78, 5) is 38.0. The molecule has 4 rings (SSSR count). The number of likely N-dealkylation sites (tertiary alicyclic amines) is 1. The van der Waals surface area contributed by atoms with Gasteiger partial charge >= 0.3 is 6.09 Å². The molecule has 0 spiro atoms. The van der Waals surface area contributed by atoms with Gasteiger partial charge in [0.05, 0.1) is 11.8 Å². The molecule has 2 amide bonds. The Hall–Kier alpha value is -3.50. The summed E-state index contributed by atoms with van der Waals surface area (Å²) in [5.41, 5.74) is 1.97. The van der Waals surface area contributed by atoms with Crippen LogP contribution in [0.3, 0.4) is 0 Å². The van der Waals surface area contributed by atoms with E-state index >= 15 is 0 Å². The van der Waals surface area contributed by atoms with Crippen molar-refractivity contribution in [2.75, 3.05) is 26.2 Å². The van der Waals surface area contributed by atoms with Crippen molar-refractivity contribution in [2.45, 2.75) is 58.5 Å². The quantitative estimate of drug-likeness (QED) is 0.313. The number of aromatic nitrogens is 3. The molecule has 1 aliphatic heterocycles. The number of carbonyl (C=O) groups is 2. The average molecular weight is 509 g/mol. The Balaban J connectivity index is 1.45. The fraction of sp³-hybridized carbons (Fsp3) is 0.481. The lowest BCUT2D eigenvalue weighted by Crippen LogP contribution is -2.44. The van der Waals surface area contributed by atoms with Crippen LogP contribution in [-0.4, -0.2) is 69.7 Å². The molecule has 3 aromatic rings. The molecular weight excluding hydrogens is 472 g/mol. The van der Waals surface area contributed by atoms with Crippen molar-refractivity contribution in [3.63, 3.8) is 0 Å². The highest BCUT2D eigenvalue weighted by atomic mass is 16.6. The number of H-pyrrole nitrogens is 1. The molecule has 2 aromatic heterocycles. The smallest absolute Gasteiger partial charge is 0.410 e. The number of amides is 2. The molecule has 0 saturated carbocycles. The number of ether oxygens (including phenoxy) is 2. The zero-order valence-electron chi connectivity index (χ0n) is 21.9. The van der Waals surface area contributed by atoms with E-state index in [1.807, 2.05) is 57.2 Å². The van der Waals surface area contributed by atoms with Crippen molar-refractivity contribution < 1.29 is 19.1 Å². The highest BCUT2D eigenvalue weighted by Gasteiger charge is 2.29. The van der Waals surface area contributed by atoms with Crippen LogP contribution in [0, 0.1) is 0 Å². The summed E-state index contributed by atoms with van der Waals surface area (Å²) < 4.78 is 12.0. The Kier molecular flexibility index (Phi) is 8.40. The molecule has 1 unspecified atom stereocenters. The minimum Gasteiger partial charge on any atom is -0.444 e. The van der Waals surface area contributed by atoms with E-state index in [9.17, 15) is 9.59 Å². The van der Waals surface area contributed by atoms with E-state index < -0.39 is 11.8 Å². The number of aromatic amines is 1. The normalized spacial score (nSPS) is 15.5. The van der Waals surface area contributed by atoms with E-state index in [0.717, 1.165) is 22.3 Å². The Bertz CT molecular complexity index is 1200. The van der Waals surface area contributed by atoms with Crippen LogP contribution < -0.4 is 10.6 Å². The Morgan fingerprint density at radius 2 is 1.89 bits per heavy atom. The lowest BCUT2D eigenvalue weighted by molar-refractivity contribution is -0.119. The lowest BCUT2D eigenvalue weighted by atomic mass is 10.1. The van der Waals surface area contributed by atoms with Crippen molar-refractivity contribution in [2.24, 2.45) is 0 Å². The molecule has 0 aliphatic carbocycles. The van der Waals surface area contributed by atoms with E-state index in [1.165, 1.54) is 6.92 Å². The summed E-state index contributed by atoms with van der Waals surface area (Å²) >= 11 is 0. The van der Waals surface area contributed by atoms with Crippen LogP contribution in [0.2, 0.25) is 0 Å². The molecule has 3 N–H and O–H groups in total. The maximum Gasteiger partial charge on any atom is 0.410 e. The number of hydrogen-bond donors (Lipinski definition) is 3. The number of rotatable bonds is 8. The summed E-state index contributed by atoms with van der Waals surface area (Å²) in [5, 5.41) is 7.07. The van der Waals surface area contributed by atoms with Gasteiger partial charge in [0.15, 0.2) is 5.82 Å². The number of nitrogens with zero attached hydrogens (tertiary/aromatic N) is 3. The SMILES string of the molecule is CC(=O)NCCNC(OC1CCN(C(=O)OC(C)(C)C)CC1)c1cc2cnc(-c3ccccc3)nc2[nH]1. The molecule has 3 heterocycles. The summed E-state index contributed by atoms with van der Waals surface area (Å²) in [6, 6.07) is 11.8. The lowest BCUT2D eigenvalue weighted by Gasteiger charge is -2.34. The number of nitrogens with one attached hydrogen (secondary N) is 3. The Morgan fingerprint density at radius 1 is 1.16 bits per heavy atom. The molecular formula is C27H36N6O4. The second kappa shape index (κ2) is 11.7. The molecule has 1 aliphatic rings. The molecule has 0 bridgehead atoms. The number of hydrogen-bond acceptors (Lipinski definition) is 7. The standard InChI is InChI=1S/C27H36N6O4/c1-18(34)28-12-13-29-25(36-21-10-14-33(15-11-21)26(35)37-27(2,3)4)22-16-20-17-30-23(32-24(20)31-22)19-8-6-5-7-9-19/h5-9,16-17,21,25,29H,10-15H2,1-4H3,(H,28,34)(H,30,31,32). The van der Waals surface area contributed by atoms with Gasteiger partial charge in [0.2, 0.25) is 5.91 Å². The van der Waals surface area contributed by atoms with Crippen molar-refractivity contribution in [1.29, 1.82) is 0 Å². The Labute approximate surface area is 217 Å². The number of carbonyl (C=O) groups excluding carboxylic acids is 2. The van der Waals surface area contributed by atoms with Gasteiger partial charge in [0.25, 0.3) is 0 Å². The van der Waals surface area contributed by atoms with Crippen LogP contribution in [0.15, 0.2) is 42.6 Å².